The van der Waals surface area contributed by atoms with Gasteiger partial charge in [-0.05, 0) is 61.9 Å². The van der Waals surface area contributed by atoms with E-state index in [1.807, 2.05) is 0 Å². The molecule has 0 aliphatic carbocycles. The smallest absolute Gasteiger partial charge is 0.210 e. The fourth-order valence-electron chi connectivity index (χ4n) is 3.82. The Kier molecular flexibility index (Phi) is 7.14. The molecule has 3 heteroatoms. The summed E-state index contributed by atoms with van der Waals surface area (Å²) in [7, 11) is 0. The quantitative estimate of drug-likeness (QED) is 0.494. The molecule has 0 aromatic heterocycles. The Bertz CT molecular complexity index is 743. The van der Waals surface area contributed by atoms with Gasteiger partial charge in [0.15, 0.2) is 0 Å². The van der Waals surface area contributed by atoms with E-state index < -0.39 is 5.79 Å². The van der Waals surface area contributed by atoms with Gasteiger partial charge in [-0.15, -0.1) is 0 Å². The van der Waals surface area contributed by atoms with Gasteiger partial charge in [0.05, 0.1) is 19.3 Å². The monoisotopic (exact) mass is 382 g/mol. The van der Waals surface area contributed by atoms with Crippen molar-refractivity contribution >= 4 is 0 Å². The van der Waals surface area contributed by atoms with Gasteiger partial charge in [0.1, 0.15) is 5.75 Å². The summed E-state index contributed by atoms with van der Waals surface area (Å²) < 4.78 is 18.2. The number of benzene rings is 2. The van der Waals surface area contributed by atoms with E-state index in [4.69, 9.17) is 14.2 Å². The molecule has 3 nitrogen and oxygen atoms in total. The number of fused-ring (bicyclic) bond motifs is 1. The molecule has 0 saturated carbocycles. The van der Waals surface area contributed by atoms with Gasteiger partial charge in [-0.3, -0.25) is 0 Å². The zero-order valence-corrected chi connectivity index (χ0v) is 17.8. The highest BCUT2D eigenvalue weighted by molar-refractivity contribution is 5.66. The van der Waals surface area contributed by atoms with Crippen molar-refractivity contribution in [2.75, 3.05) is 6.61 Å². The fourth-order valence-corrected chi connectivity index (χ4v) is 3.82. The van der Waals surface area contributed by atoms with Gasteiger partial charge in [-0.1, -0.05) is 44.2 Å². The van der Waals surface area contributed by atoms with Crippen LogP contribution in [0.5, 0.6) is 5.75 Å². The first-order valence-corrected chi connectivity index (χ1v) is 10.7. The first-order valence-electron chi connectivity index (χ1n) is 10.7. The highest BCUT2D eigenvalue weighted by atomic mass is 16.7. The molecule has 2 aromatic rings. The largest absolute Gasteiger partial charge is 0.462 e. The Morgan fingerprint density at radius 3 is 2.29 bits per heavy atom. The predicted molar refractivity (Wildman–Crippen MR) is 115 cm³/mol. The van der Waals surface area contributed by atoms with Crippen molar-refractivity contribution in [1.29, 1.82) is 0 Å². The Morgan fingerprint density at radius 2 is 1.64 bits per heavy atom. The molecule has 1 aliphatic rings. The summed E-state index contributed by atoms with van der Waals surface area (Å²) in [6.07, 6.45) is 5.21. The van der Waals surface area contributed by atoms with Crippen LogP contribution in [0.2, 0.25) is 0 Å². The molecule has 0 spiro atoms. The lowest BCUT2D eigenvalue weighted by Gasteiger charge is -2.38. The van der Waals surface area contributed by atoms with Crippen molar-refractivity contribution in [3.8, 4) is 16.9 Å². The summed E-state index contributed by atoms with van der Waals surface area (Å²) >= 11 is 0. The molecular formula is C25H34O3. The number of hydrogen-bond acceptors (Lipinski definition) is 3. The van der Waals surface area contributed by atoms with Gasteiger partial charge in [-0.2, -0.15) is 0 Å². The van der Waals surface area contributed by atoms with Crippen LogP contribution in [0.1, 0.15) is 64.5 Å². The molecular weight excluding hydrogens is 348 g/mol. The average molecular weight is 383 g/mol. The van der Waals surface area contributed by atoms with E-state index in [0.717, 1.165) is 50.0 Å². The van der Waals surface area contributed by atoms with E-state index >= 15 is 0 Å². The molecule has 0 N–H and O–H groups in total. The van der Waals surface area contributed by atoms with Gasteiger partial charge in [-0.25, -0.2) is 0 Å². The molecule has 0 radical (unpaired) electrons. The van der Waals surface area contributed by atoms with Crippen molar-refractivity contribution in [3.63, 3.8) is 0 Å². The van der Waals surface area contributed by atoms with Crippen LogP contribution >= 0.6 is 0 Å². The summed E-state index contributed by atoms with van der Waals surface area (Å²) in [5, 5.41) is 0. The highest BCUT2D eigenvalue weighted by Gasteiger charge is 2.35. The van der Waals surface area contributed by atoms with Crippen molar-refractivity contribution in [2.45, 2.75) is 78.3 Å². The van der Waals surface area contributed by atoms with Crippen LogP contribution in [0.25, 0.3) is 11.1 Å². The molecule has 0 unspecified atom stereocenters. The third kappa shape index (κ3) is 5.15. The molecule has 28 heavy (non-hydrogen) atoms. The molecule has 1 heterocycles. The maximum atomic E-state index is 6.34. The van der Waals surface area contributed by atoms with Crippen molar-refractivity contribution in [2.24, 2.45) is 0 Å². The summed E-state index contributed by atoms with van der Waals surface area (Å²) in [4.78, 5) is 0. The van der Waals surface area contributed by atoms with Crippen LogP contribution in [0.4, 0.5) is 0 Å². The topological polar surface area (TPSA) is 27.7 Å². The fraction of sp³-hybridized carbons (Fsp3) is 0.520. The van der Waals surface area contributed by atoms with Crippen molar-refractivity contribution < 1.29 is 14.2 Å². The molecule has 2 aromatic carbocycles. The summed E-state index contributed by atoms with van der Waals surface area (Å²) in [6.45, 7) is 9.89. The average Bonchev–Trinajstić information content (AvgIpc) is 2.68. The SMILES string of the molecule is CCCC1(CCC)OCc2cc(-c3ccc(CCOC(C)C)cc3)ccc2O1. The van der Waals surface area contributed by atoms with E-state index in [0.29, 0.717) is 6.61 Å². The number of hydrogen-bond donors (Lipinski definition) is 0. The van der Waals surface area contributed by atoms with Crippen LogP contribution < -0.4 is 4.74 Å². The third-order valence-corrected chi connectivity index (χ3v) is 5.24. The van der Waals surface area contributed by atoms with Crippen LogP contribution in [0, 0.1) is 0 Å². The standard InChI is InChI=1S/C25H34O3/c1-5-14-25(15-6-2)27-18-23-17-22(11-12-24(23)28-25)21-9-7-20(8-10-21)13-16-26-19(3)4/h7-12,17,19H,5-6,13-16,18H2,1-4H3. The zero-order chi connectivity index (χ0) is 20.0. The van der Waals surface area contributed by atoms with Crippen molar-refractivity contribution in [1.82, 2.24) is 0 Å². The Labute approximate surface area is 170 Å². The lowest BCUT2D eigenvalue weighted by atomic mass is 9.99. The second kappa shape index (κ2) is 9.58. The second-order valence-corrected chi connectivity index (χ2v) is 7.99. The van der Waals surface area contributed by atoms with Crippen molar-refractivity contribution in [3.05, 3.63) is 53.6 Å². The van der Waals surface area contributed by atoms with E-state index in [-0.39, 0.29) is 6.10 Å². The molecule has 0 amide bonds. The molecule has 0 saturated heterocycles. The molecule has 1 aliphatic heterocycles. The molecule has 0 bridgehead atoms. The van der Waals surface area contributed by atoms with E-state index in [9.17, 15) is 0 Å². The van der Waals surface area contributed by atoms with E-state index in [1.54, 1.807) is 0 Å². The van der Waals surface area contributed by atoms with Gasteiger partial charge >= 0.3 is 0 Å². The van der Waals surface area contributed by atoms with E-state index in [2.05, 4.69) is 70.2 Å². The minimum absolute atomic E-state index is 0.285. The molecule has 3 rings (SSSR count). The Hall–Kier alpha value is -1.84. The first-order chi connectivity index (χ1) is 13.5. The Morgan fingerprint density at radius 1 is 0.964 bits per heavy atom. The normalized spacial score (nSPS) is 15.3. The zero-order valence-electron chi connectivity index (χ0n) is 17.8. The van der Waals surface area contributed by atoms with Crippen LogP contribution in [0.3, 0.4) is 0 Å². The maximum absolute atomic E-state index is 6.34. The van der Waals surface area contributed by atoms with Gasteiger partial charge < -0.3 is 14.2 Å². The minimum atomic E-state index is -0.447. The molecule has 0 atom stereocenters. The predicted octanol–water partition coefficient (Wildman–Crippen LogP) is 6.53. The Balaban J connectivity index is 1.70. The van der Waals surface area contributed by atoms with Crippen LogP contribution in [-0.4, -0.2) is 18.5 Å². The third-order valence-electron chi connectivity index (χ3n) is 5.24. The lowest BCUT2D eigenvalue weighted by molar-refractivity contribution is -0.214. The van der Waals surface area contributed by atoms with Crippen LogP contribution in [0.15, 0.2) is 42.5 Å². The molecule has 152 valence electrons. The summed E-state index contributed by atoms with van der Waals surface area (Å²) in [5.74, 6) is 0.525. The molecule has 0 fully saturated rings. The number of ether oxygens (including phenoxy) is 3. The first kappa shape index (κ1) is 20.9. The van der Waals surface area contributed by atoms with Crippen LogP contribution in [-0.2, 0) is 22.5 Å². The lowest BCUT2D eigenvalue weighted by Crippen LogP contribution is -2.41. The second-order valence-electron chi connectivity index (χ2n) is 7.99. The maximum Gasteiger partial charge on any atom is 0.210 e. The minimum Gasteiger partial charge on any atom is -0.462 e. The summed E-state index contributed by atoms with van der Waals surface area (Å²) in [6, 6.07) is 15.2. The van der Waals surface area contributed by atoms with Gasteiger partial charge in [0.25, 0.3) is 0 Å². The number of rotatable bonds is 9. The summed E-state index contributed by atoms with van der Waals surface area (Å²) in [5.41, 5.74) is 4.86. The van der Waals surface area contributed by atoms with E-state index in [1.165, 1.54) is 16.7 Å². The highest BCUT2D eigenvalue weighted by Crippen LogP contribution is 2.38. The van der Waals surface area contributed by atoms with Gasteiger partial charge in [0, 0.05) is 18.4 Å². The van der Waals surface area contributed by atoms with Gasteiger partial charge in [0.2, 0.25) is 5.79 Å².